The normalized spacial score (nSPS) is 27.8. The average Bonchev–Trinajstić information content (AvgIpc) is 2.43. The highest BCUT2D eigenvalue weighted by Gasteiger charge is 2.33. The molecule has 0 aromatic heterocycles. The van der Waals surface area contributed by atoms with Gasteiger partial charge < -0.3 is 9.69 Å². The van der Waals surface area contributed by atoms with Crippen LogP contribution in [0.2, 0.25) is 0 Å². The van der Waals surface area contributed by atoms with Gasteiger partial charge >= 0.3 is 0 Å². The molecule has 14 heavy (non-hydrogen) atoms. The number of likely N-dealkylation sites (tertiary alicyclic amines) is 1. The average molecular weight is 215 g/mol. The van der Waals surface area contributed by atoms with E-state index >= 15 is 0 Å². The number of amides is 1. The summed E-state index contributed by atoms with van der Waals surface area (Å²) < 4.78 is 0.191. The summed E-state index contributed by atoms with van der Waals surface area (Å²) in [6.07, 6.45) is 2.45. The van der Waals surface area contributed by atoms with E-state index in [0.29, 0.717) is 11.8 Å². The number of aldehydes is 1. The molecule has 2 atom stereocenters. The van der Waals surface area contributed by atoms with Crippen LogP contribution in [0.5, 0.6) is 0 Å². The Morgan fingerprint density at radius 2 is 2.00 bits per heavy atom. The molecule has 0 aliphatic carbocycles. The summed E-state index contributed by atoms with van der Waals surface area (Å²) in [5, 5.41) is 0.399. The molecule has 1 aliphatic rings. The number of hydrogen-bond donors (Lipinski definition) is 0. The Bertz CT molecular complexity index is 209. The predicted molar refractivity (Wildman–Crippen MR) is 58.4 cm³/mol. The summed E-state index contributed by atoms with van der Waals surface area (Å²) in [7, 11) is 0. The summed E-state index contributed by atoms with van der Waals surface area (Å²) >= 11 is 1.84. The molecular formula is C10H17NO2S. The van der Waals surface area contributed by atoms with Gasteiger partial charge in [0.25, 0.3) is 0 Å². The maximum atomic E-state index is 10.7. The fraction of sp³-hybridized carbons (Fsp3) is 0.800. The van der Waals surface area contributed by atoms with E-state index in [9.17, 15) is 9.59 Å². The van der Waals surface area contributed by atoms with Gasteiger partial charge in [-0.25, -0.2) is 0 Å². The van der Waals surface area contributed by atoms with Gasteiger partial charge in [0, 0.05) is 16.5 Å². The lowest BCUT2D eigenvalue weighted by atomic mass is 10.2. The van der Waals surface area contributed by atoms with Crippen LogP contribution in [-0.4, -0.2) is 40.2 Å². The van der Waals surface area contributed by atoms with Gasteiger partial charge in [0.15, 0.2) is 0 Å². The molecule has 1 heterocycles. The molecule has 4 heteroatoms. The van der Waals surface area contributed by atoms with Gasteiger partial charge in [0.05, 0.1) is 6.04 Å². The van der Waals surface area contributed by atoms with E-state index in [-0.39, 0.29) is 10.8 Å². The van der Waals surface area contributed by atoms with Crippen molar-refractivity contribution in [1.29, 1.82) is 0 Å². The van der Waals surface area contributed by atoms with Crippen molar-refractivity contribution in [2.45, 2.75) is 43.2 Å². The molecule has 1 amide bonds. The minimum absolute atomic E-state index is 0.191. The van der Waals surface area contributed by atoms with Crippen LogP contribution < -0.4 is 0 Å². The lowest BCUT2D eigenvalue weighted by Crippen LogP contribution is -2.29. The number of thioether (sulfide) groups is 1. The third-order valence-electron chi connectivity index (χ3n) is 2.16. The van der Waals surface area contributed by atoms with Gasteiger partial charge in [0.1, 0.15) is 6.29 Å². The molecule has 0 saturated carbocycles. The standard InChI is InChI=1S/C10H17NO2S/c1-10(2,3)14-9-4-8(6-12)11(5-9)7-13/h6-9H,4-5H2,1-3H3/t8-,9+/m0/s1. The Hall–Kier alpha value is -0.510. The zero-order valence-corrected chi connectivity index (χ0v) is 9.71. The van der Waals surface area contributed by atoms with Crippen LogP contribution in [0.25, 0.3) is 0 Å². The van der Waals surface area contributed by atoms with Gasteiger partial charge in [-0.2, -0.15) is 11.8 Å². The van der Waals surface area contributed by atoms with Crippen molar-refractivity contribution in [3.8, 4) is 0 Å². The summed E-state index contributed by atoms with van der Waals surface area (Å²) in [4.78, 5) is 22.9. The van der Waals surface area contributed by atoms with Crippen molar-refractivity contribution in [1.82, 2.24) is 4.90 Å². The van der Waals surface area contributed by atoms with Crippen molar-refractivity contribution < 1.29 is 9.59 Å². The SMILES string of the molecule is CC(C)(C)S[C@@H]1C[C@@H](C=O)N(C=O)C1. The second kappa shape index (κ2) is 4.34. The van der Waals surface area contributed by atoms with Gasteiger partial charge in [-0.3, -0.25) is 4.79 Å². The van der Waals surface area contributed by atoms with Crippen LogP contribution in [-0.2, 0) is 9.59 Å². The Kier molecular flexibility index (Phi) is 3.59. The molecule has 0 radical (unpaired) electrons. The number of rotatable bonds is 3. The first-order valence-electron chi connectivity index (χ1n) is 4.80. The summed E-state index contributed by atoms with van der Waals surface area (Å²) in [5.41, 5.74) is 0. The minimum Gasteiger partial charge on any atom is -0.334 e. The lowest BCUT2D eigenvalue weighted by Gasteiger charge is -2.22. The summed E-state index contributed by atoms with van der Waals surface area (Å²) in [5.74, 6) is 0. The highest BCUT2D eigenvalue weighted by molar-refractivity contribution is 8.01. The highest BCUT2D eigenvalue weighted by atomic mass is 32.2. The van der Waals surface area contributed by atoms with Crippen LogP contribution in [0.1, 0.15) is 27.2 Å². The third-order valence-corrected chi connectivity index (χ3v) is 3.54. The van der Waals surface area contributed by atoms with Crippen LogP contribution in [0.4, 0.5) is 0 Å². The molecule has 0 unspecified atom stereocenters. The lowest BCUT2D eigenvalue weighted by molar-refractivity contribution is -0.123. The molecule has 0 aromatic rings. The monoisotopic (exact) mass is 215 g/mol. The molecule has 1 fully saturated rings. The molecule has 1 rings (SSSR count). The Labute approximate surface area is 89.2 Å². The predicted octanol–water partition coefficient (Wildman–Crippen LogP) is 1.32. The van der Waals surface area contributed by atoms with Gasteiger partial charge in [-0.1, -0.05) is 20.8 Å². The second-order valence-electron chi connectivity index (χ2n) is 4.59. The van der Waals surface area contributed by atoms with E-state index in [1.165, 1.54) is 0 Å². The largest absolute Gasteiger partial charge is 0.334 e. The van der Waals surface area contributed by atoms with Crippen molar-refractivity contribution in [3.63, 3.8) is 0 Å². The van der Waals surface area contributed by atoms with E-state index in [4.69, 9.17) is 0 Å². The molecule has 0 N–H and O–H groups in total. The zero-order chi connectivity index (χ0) is 10.8. The molecule has 0 spiro atoms. The van der Waals surface area contributed by atoms with Gasteiger partial charge in [-0.15, -0.1) is 0 Å². The fourth-order valence-electron chi connectivity index (χ4n) is 1.69. The van der Waals surface area contributed by atoms with Crippen molar-refractivity contribution >= 4 is 24.5 Å². The first kappa shape index (κ1) is 11.6. The van der Waals surface area contributed by atoms with Crippen LogP contribution >= 0.6 is 11.8 Å². The van der Waals surface area contributed by atoms with Crippen molar-refractivity contribution in [3.05, 3.63) is 0 Å². The maximum Gasteiger partial charge on any atom is 0.210 e. The van der Waals surface area contributed by atoms with Gasteiger partial charge in [0.2, 0.25) is 6.41 Å². The van der Waals surface area contributed by atoms with Gasteiger partial charge in [-0.05, 0) is 6.42 Å². The highest BCUT2D eigenvalue weighted by Crippen LogP contribution is 2.34. The van der Waals surface area contributed by atoms with E-state index in [0.717, 1.165) is 19.1 Å². The molecule has 3 nitrogen and oxygen atoms in total. The van der Waals surface area contributed by atoms with E-state index in [1.807, 2.05) is 11.8 Å². The first-order valence-corrected chi connectivity index (χ1v) is 5.68. The third kappa shape index (κ3) is 3.01. The summed E-state index contributed by atoms with van der Waals surface area (Å²) in [6, 6.07) is -0.202. The number of carbonyl (C=O) groups excluding carboxylic acids is 2. The second-order valence-corrected chi connectivity index (χ2v) is 6.72. The molecule has 1 aliphatic heterocycles. The van der Waals surface area contributed by atoms with Crippen LogP contribution in [0, 0.1) is 0 Å². The van der Waals surface area contributed by atoms with Crippen molar-refractivity contribution in [2.24, 2.45) is 0 Å². The van der Waals surface area contributed by atoms with Crippen LogP contribution in [0.15, 0.2) is 0 Å². The number of nitrogens with zero attached hydrogens (tertiary/aromatic N) is 1. The number of carbonyl (C=O) groups is 2. The summed E-state index contributed by atoms with van der Waals surface area (Å²) in [6.45, 7) is 7.15. The van der Waals surface area contributed by atoms with Crippen molar-refractivity contribution in [2.75, 3.05) is 6.54 Å². The minimum atomic E-state index is -0.202. The quantitative estimate of drug-likeness (QED) is 0.666. The van der Waals surface area contributed by atoms with E-state index in [1.54, 1.807) is 4.90 Å². The Morgan fingerprint density at radius 1 is 1.36 bits per heavy atom. The van der Waals surface area contributed by atoms with E-state index < -0.39 is 0 Å². The Balaban J connectivity index is 2.53. The smallest absolute Gasteiger partial charge is 0.210 e. The molecule has 0 bridgehead atoms. The molecule has 80 valence electrons. The molecule has 1 saturated heterocycles. The Morgan fingerprint density at radius 3 is 2.36 bits per heavy atom. The van der Waals surface area contributed by atoms with Crippen LogP contribution in [0.3, 0.4) is 0 Å². The zero-order valence-electron chi connectivity index (χ0n) is 8.90. The van der Waals surface area contributed by atoms with E-state index in [2.05, 4.69) is 20.8 Å². The maximum absolute atomic E-state index is 10.7. The first-order chi connectivity index (χ1) is 6.46. The molecule has 0 aromatic carbocycles. The topological polar surface area (TPSA) is 37.4 Å². The fourth-order valence-corrected chi connectivity index (χ4v) is 3.23. The number of hydrogen-bond acceptors (Lipinski definition) is 3. The molecular weight excluding hydrogens is 198 g/mol.